The molecule has 25 heavy (non-hydrogen) atoms. The molecule has 1 aromatic heterocycles. The molecule has 0 bridgehead atoms. The molecule has 0 aliphatic rings. The number of hydrogen-bond acceptors (Lipinski definition) is 6. The Kier molecular flexibility index (Phi) is 4.51. The number of aromatic nitrogens is 3. The molecule has 0 saturated carbocycles. The smallest absolute Gasteiger partial charge is 0.339 e. The Morgan fingerprint density at radius 3 is 2.64 bits per heavy atom. The summed E-state index contributed by atoms with van der Waals surface area (Å²) in [5.74, 6) is -1.08. The summed E-state index contributed by atoms with van der Waals surface area (Å²) in [7, 11) is 1.26. The molecule has 0 saturated heterocycles. The number of carbonyl (C=O) groups excluding carboxylic acids is 2. The summed E-state index contributed by atoms with van der Waals surface area (Å²) in [6, 6.07) is 13.2. The second-order valence-corrected chi connectivity index (χ2v) is 5.15. The number of carbonyl (C=O) groups is 2. The zero-order valence-electron chi connectivity index (χ0n) is 13.3. The van der Waals surface area contributed by atoms with Crippen molar-refractivity contribution in [3.8, 4) is 0 Å². The fourth-order valence-electron chi connectivity index (χ4n) is 2.33. The highest BCUT2D eigenvalue weighted by Crippen LogP contribution is 2.16. The van der Waals surface area contributed by atoms with Crippen LogP contribution in [0.25, 0.3) is 10.9 Å². The summed E-state index contributed by atoms with van der Waals surface area (Å²) in [4.78, 5) is 36.3. The Morgan fingerprint density at radius 2 is 1.84 bits per heavy atom. The van der Waals surface area contributed by atoms with E-state index in [1.807, 2.05) is 0 Å². The van der Waals surface area contributed by atoms with Gasteiger partial charge in [0.1, 0.15) is 12.1 Å². The standard InChI is InChI=1S/C17H14N4O4/c1-25-17(24)12-7-3-4-8-13(12)18-15(22)10-21-16(23)11-6-2-5-9-14(11)19-20-21/h2-9H,10H2,1H3,(H,18,22). The van der Waals surface area contributed by atoms with E-state index in [-0.39, 0.29) is 12.1 Å². The van der Waals surface area contributed by atoms with E-state index >= 15 is 0 Å². The quantitative estimate of drug-likeness (QED) is 0.717. The van der Waals surface area contributed by atoms with Gasteiger partial charge in [-0.1, -0.05) is 29.5 Å². The minimum absolute atomic E-state index is 0.218. The molecule has 8 nitrogen and oxygen atoms in total. The number of hydrogen-bond donors (Lipinski definition) is 1. The highest BCUT2D eigenvalue weighted by atomic mass is 16.5. The Labute approximate surface area is 142 Å². The van der Waals surface area contributed by atoms with Crippen molar-refractivity contribution in [2.75, 3.05) is 12.4 Å². The van der Waals surface area contributed by atoms with Crippen LogP contribution in [0.1, 0.15) is 10.4 Å². The van der Waals surface area contributed by atoms with Crippen molar-refractivity contribution in [1.29, 1.82) is 0 Å². The van der Waals surface area contributed by atoms with Gasteiger partial charge < -0.3 is 10.1 Å². The van der Waals surface area contributed by atoms with Crippen LogP contribution >= 0.6 is 0 Å². The van der Waals surface area contributed by atoms with E-state index in [0.29, 0.717) is 16.6 Å². The van der Waals surface area contributed by atoms with Crippen LogP contribution in [-0.4, -0.2) is 34.0 Å². The first kappa shape index (κ1) is 16.3. The third-order valence-electron chi connectivity index (χ3n) is 3.53. The number of methoxy groups -OCH3 is 1. The molecule has 1 amide bonds. The van der Waals surface area contributed by atoms with Gasteiger partial charge in [0, 0.05) is 0 Å². The lowest BCUT2D eigenvalue weighted by Crippen LogP contribution is -2.30. The summed E-state index contributed by atoms with van der Waals surface area (Å²) >= 11 is 0. The topological polar surface area (TPSA) is 103 Å². The minimum atomic E-state index is -0.571. The van der Waals surface area contributed by atoms with Crippen LogP contribution in [0.3, 0.4) is 0 Å². The van der Waals surface area contributed by atoms with Gasteiger partial charge in [0.05, 0.1) is 23.7 Å². The Balaban J connectivity index is 1.84. The molecule has 0 aliphatic heterocycles. The molecule has 0 atom stereocenters. The number of benzene rings is 2. The van der Waals surface area contributed by atoms with Crippen LogP contribution in [0, 0.1) is 0 Å². The lowest BCUT2D eigenvalue weighted by Gasteiger charge is -2.10. The third kappa shape index (κ3) is 3.37. The molecule has 8 heteroatoms. The summed E-state index contributed by atoms with van der Waals surface area (Å²) in [5, 5.41) is 10.6. The lowest BCUT2D eigenvalue weighted by atomic mass is 10.2. The van der Waals surface area contributed by atoms with Crippen LogP contribution in [0.15, 0.2) is 53.3 Å². The fourth-order valence-corrected chi connectivity index (χ4v) is 2.33. The van der Waals surface area contributed by atoms with Gasteiger partial charge in [-0.15, -0.1) is 5.10 Å². The van der Waals surface area contributed by atoms with Crippen LogP contribution in [0.2, 0.25) is 0 Å². The predicted octanol–water partition coefficient (Wildman–Crippen LogP) is 1.22. The van der Waals surface area contributed by atoms with Gasteiger partial charge in [-0.05, 0) is 24.3 Å². The summed E-state index contributed by atoms with van der Waals surface area (Å²) in [6.45, 7) is -0.327. The van der Waals surface area contributed by atoms with Gasteiger partial charge in [0.15, 0.2) is 0 Å². The molecule has 0 unspecified atom stereocenters. The van der Waals surface area contributed by atoms with E-state index in [4.69, 9.17) is 0 Å². The lowest BCUT2D eigenvalue weighted by molar-refractivity contribution is -0.117. The van der Waals surface area contributed by atoms with E-state index in [0.717, 1.165) is 4.68 Å². The number of fused-ring (bicyclic) bond motifs is 1. The number of nitrogens with one attached hydrogen (secondary N) is 1. The van der Waals surface area contributed by atoms with Gasteiger partial charge >= 0.3 is 5.97 Å². The highest BCUT2D eigenvalue weighted by Gasteiger charge is 2.14. The van der Waals surface area contributed by atoms with Crippen LogP contribution < -0.4 is 10.9 Å². The molecule has 1 N–H and O–H groups in total. The first-order valence-electron chi connectivity index (χ1n) is 7.40. The second kappa shape index (κ2) is 6.91. The molecule has 0 spiro atoms. The van der Waals surface area contributed by atoms with Crippen molar-refractivity contribution < 1.29 is 14.3 Å². The van der Waals surface area contributed by atoms with E-state index < -0.39 is 17.4 Å². The minimum Gasteiger partial charge on any atom is -0.465 e. The molecule has 0 aliphatic carbocycles. The zero-order valence-corrected chi connectivity index (χ0v) is 13.3. The zero-order chi connectivity index (χ0) is 17.8. The molecule has 2 aromatic carbocycles. The number of ether oxygens (including phenoxy) is 1. The first-order valence-corrected chi connectivity index (χ1v) is 7.40. The van der Waals surface area contributed by atoms with Crippen molar-refractivity contribution in [3.63, 3.8) is 0 Å². The summed E-state index contributed by atoms with van der Waals surface area (Å²) < 4.78 is 5.65. The molecule has 0 fully saturated rings. The van der Waals surface area contributed by atoms with E-state index in [2.05, 4.69) is 20.4 Å². The maximum atomic E-state index is 12.3. The average Bonchev–Trinajstić information content (AvgIpc) is 2.64. The number of esters is 1. The van der Waals surface area contributed by atoms with Gasteiger partial charge in [0.2, 0.25) is 5.91 Å². The van der Waals surface area contributed by atoms with Crippen molar-refractivity contribution in [2.24, 2.45) is 0 Å². The SMILES string of the molecule is COC(=O)c1ccccc1NC(=O)Cn1nnc2ccccc2c1=O. The van der Waals surface area contributed by atoms with E-state index in [1.165, 1.54) is 13.2 Å². The second-order valence-electron chi connectivity index (χ2n) is 5.15. The number of amides is 1. The molecular formula is C17H14N4O4. The van der Waals surface area contributed by atoms with Crippen molar-refractivity contribution in [2.45, 2.75) is 6.54 Å². The van der Waals surface area contributed by atoms with Crippen molar-refractivity contribution in [1.82, 2.24) is 15.0 Å². The van der Waals surface area contributed by atoms with Gasteiger partial charge in [-0.25, -0.2) is 9.48 Å². The molecule has 3 rings (SSSR count). The van der Waals surface area contributed by atoms with Crippen LogP contribution in [0.4, 0.5) is 5.69 Å². The molecule has 1 heterocycles. The van der Waals surface area contributed by atoms with Gasteiger partial charge in [0.25, 0.3) is 5.56 Å². The van der Waals surface area contributed by atoms with E-state index in [9.17, 15) is 14.4 Å². The molecular weight excluding hydrogens is 324 g/mol. The highest BCUT2D eigenvalue weighted by molar-refractivity contribution is 6.01. The summed E-state index contributed by atoms with van der Waals surface area (Å²) in [5.41, 5.74) is 0.554. The monoisotopic (exact) mass is 338 g/mol. The van der Waals surface area contributed by atoms with Crippen LogP contribution in [0.5, 0.6) is 0 Å². The first-order chi connectivity index (χ1) is 12.1. The normalized spacial score (nSPS) is 10.4. The van der Waals surface area contributed by atoms with Crippen molar-refractivity contribution in [3.05, 3.63) is 64.4 Å². The number of anilines is 1. The number of rotatable bonds is 4. The maximum absolute atomic E-state index is 12.3. The Morgan fingerprint density at radius 1 is 1.12 bits per heavy atom. The molecule has 0 radical (unpaired) electrons. The average molecular weight is 338 g/mol. The molecule has 3 aromatic rings. The Bertz CT molecular complexity index is 1010. The predicted molar refractivity (Wildman–Crippen MR) is 90.2 cm³/mol. The summed E-state index contributed by atoms with van der Waals surface area (Å²) in [6.07, 6.45) is 0. The largest absolute Gasteiger partial charge is 0.465 e. The third-order valence-corrected chi connectivity index (χ3v) is 3.53. The van der Waals surface area contributed by atoms with Crippen molar-refractivity contribution >= 4 is 28.5 Å². The fraction of sp³-hybridized carbons (Fsp3) is 0.118. The Hall–Kier alpha value is -3.55. The van der Waals surface area contributed by atoms with Gasteiger partial charge in [-0.2, -0.15) is 0 Å². The molecule has 126 valence electrons. The van der Waals surface area contributed by atoms with Crippen LogP contribution in [-0.2, 0) is 16.1 Å². The maximum Gasteiger partial charge on any atom is 0.339 e. The van der Waals surface area contributed by atoms with Gasteiger partial charge in [-0.3, -0.25) is 9.59 Å². The number of para-hydroxylation sites is 1. The van der Waals surface area contributed by atoms with E-state index in [1.54, 1.807) is 42.5 Å². The number of nitrogens with zero attached hydrogens (tertiary/aromatic N) is 3.